The van der Waals surface area contributed by atoms with Crippen LogP contribution in [0.15, 0.2) is 0 Å². The van der Waals surface area contributed by atoms with Gasteiger partial charge in [-0.3, -0.25) is 9.59 Å². The molecule has 1 atom stereocenters. The van der Waals surface area contributed by atoms with Gasteiger partial charge in [0.25, 0.3) is 0 Å². The number of carbonyl (C=O) groups excluding carboxylic acids is 2. The molecular weight excluding hydrogens is 397 g/mol. The summed E-state index contributed by atoms with van der Waals surface area (Å²) < 4.78 is 64.7. The van der Waals surface area contributed by atoms with Gasteiger partial charge in [-0.05, 0) is 20.3 Å². The van der Waals surface area contributed by atoms with Gasteiger partial charge >= 0.3 is 29.9 Å². The molecule has 162 valence electrons. The van der Waals surface area contributed by atoms with Crippen molar-refractivity contribution in [2.45, 2.75) is 43.9 Å². The zero-order chi connectivity index (χ0) is 21.8. The molecule has 2 rings (SSSR count). The number of carboxylic acid groups (broad SMARTS) is 1. The molecule has 2 aliphatic rings. The molecule has 0 aromatic heterocycles. The number of rotatable bonds is 3. The summed E-state index contributed by atoms with van der Waals surface area (Å²) in [6, 6.07) is -0.393. The molecule has 0 radical (unpaired) electrons. The number of nitrogens with zero attached hydrogens (tertiary/aromatic N) is 1. The quantitative estimate of drug-likeness (QED) is 0.451. The van der Waals surface area contributed by atoms with E-state index in [2.05, 4.69) is 10.6 Å². The Hall–Kier alpha value is -2.02. The molecule has 3 N–H and O–H groups in total. The molecule has 0 aromatic carbocycles. The third-order valence-corrected chi connectivity index (χ3v) is 4.01. The SMILES string of the molecule is CC1(C)CC(NC(=O)C(F)(F)C(=O)N2CCOCC2)CN1.O=C(O)C(F)(F)F. The normalized spacial score (nSPS) is 22.1. The molecule has 2 heterocycles. The van der Waals surface area contributed by atoms with Crippen molar-refractivity contribution in [3.8, 4) is 0 Å². The zero-order valence-electron chi connectivity index (χ0n) is 15.2. The summed E-state index contributed by atoms with van der Waals surface area (Å²) in [5.41, 5.74) is -0.207. The summed E-state index contributed by atoms with van der Waals surface area (Å²) in [4.78, 5) is 33.4. The van der Waals surface area contributed by atoms with E-state index in [1.165, 1.54) is 0 Å². The average molecular weight is 419 g/mol. The molecule has 2 aliphatic heterocycles. The number of hydrogen-bond donors (Lipinski definition) is 3. The van der Waals surface area contributed by atoms with Gasteiger partial charge in [0.05, 0.1) is 13.2 Å². The van der Waals surface area contributed by atoms with E-state index in [0.717, 1.165) is 4.90 Å². The number of morpholine rings is 1. The second-order valence-corrected chi connectivity index (χ2v) is 6.92. The lowest BCUT2D eigenvalue weighted by atomic mass is 10.0. The van der Waals surface area contributed by atoms with Crippen molar-refractivity contribution in [2.24, 2.45) is 0 Å². The van der Waals surface area contributed by atoms with Crippen LogP contribution in [0.2, 0.25) is 0 Å². The Labute approximate surface area is 157 Å². The first kappa shape index (κ1) is 24.0. The van der Waals surface area contributed by atoms with Gasteiger partial charge in [0.15, 0.2) is 0 Å². The number of halogens is 5. The molecular formula is C15H22F5N3O5. The fourth-order valence-corrected chi connectivity index (χ4v) is 2.60. The monoisotopic (exact) mass is 419 g/mol. The minimum Gasteiger partial charge on any atom is -0.475 e. The molecule has 0 saturated carbocycles. The minimum absolute atomic E-state index is 0.0831. The molecule has 8 nitrogen and oxygen atoms in total. The van der Waals surface area contributed by atoms with Crippen LogP contribution in [-0.4, -0.2) is 84.3 Å². The molecule has 0 aromatic rings. The molecule has 2 saturated heterocycles. The molecule has 0 spiro atoms. The van der Waals surface area contributed by atoms with Crippen LogP contribution in [0.4, 0.5) is 22.0 Å². The Morgan fingerprint density at radius 2 is 1.64 bits per heavy atom. The molecule has 0 bridgehead atoms. The van der Waals surface area contributed by atoms with Crippen LogP contribution >= 0.6 is 0 Å². The van der Waals surface area contributed by atoms with Crippen molar-refractivity contribution in [1.82, 2.24) is 15.5 Å². The van der Waals surface area contributed by atoms with Gasteiger partial charge in [0.1, 0.15) is 0 Å². The standard InChI is InChI=1S/C13H21F2N3O3.C2HF3O2/c1-12(2)7-9(8-16-12)17-10(19)13(14,15)11(20)18-3-5-21-6-4-18;3-2(4,5)1(6)7/h9,16H,3-8H2,1-2H3,(H,17,19);(H,6,7). The predicted octanol–water partition coefficient (Wildman–Crippen LogP) is 0.371. The first-order chi connectivity index (χ1) is 12.7. The average Bonchev–Trinajstić information content (AvgIpc) is 2.93. The summed E-state index contributed by atoms with van der Waals surface area (Å²) >= 11 is 0. The number of carboxylic acids is 1. The highest BCUT2D eigenvalue weighted by molar-refractivity contribution is 6.06. The van der Waals surface area contributed by atoms with E-state index in [-0.39, 0.29) is 31.8 Å². The van der Waals surface area contributed by atoms with Crippen LogP contribution in [0.25, 0.3) is 0 Å². The number of carbonyl (C=O) groups is 3. The smallest absolute Gasteiger partial charge is 0.475 e. The summed E-state index contributed by atoms with van der Waals surface area (Å²) in [7, 11) is 0. The number of alkyl halides is 5. The summed E-state index contributed by atoms with van der Waals surface area (Å²) in [5, 5.41) is 12.5. The predicted molar refractivity (Wildman–Crippen MR) is 84.7 cm³/mol. The molecule has 0 aliphatic carbocycles. The van der Waals surface area contributed by atoms with E-state index in [4.69, 9.17) is 14.6 Å². The summed E-state index contributed by atoms with van der Waals surface area (Å²) in [6.07, 6.45) is -4.54. The van der Waals surface area contributed by atoms with Gasteiger partial charge in [0, 0.05) is 31.2 Å². The highest BCUT2D eigenvalue weighted by Gasteiger charge is 2.51. The summed E-state index contributed by atoms with van der Waals surface area (Å²) in [6.45, 7) is 4.86. The number of hydrogen-bond acceptors (Lipinski definition) is 5. The maximum absolute atomic E-state index is 14.0. The van der Waals surface area contributed by atoms with Crippen molar-refractivity contribution in [3.63, 3.8) is 0 Å². The Bertz CT molecular complexity index is 591. The van der Waals surface area contributed by atoms with Crippen molar-refractivity contribution >= 4 is 17.8 Å². The third-order valence-electron chi connectivity index (χ3n) is 4.01. The van der Waals surface area contributed by atoms with Crippen molar-refractivity contribution < 1.29 is 46.2 Å². The number of aliphatic carboxylic acids is 1. The second kappa shape index (κ2) is 8.99. The van der Waals surface area contributed by atoms with Crippen molar-refractivity contribution in [1.29, 1.82) is 0 Å². The van der Waals surface area contributed by atoms with E-state index in [9.17, 15) is 31.5 Å². The zero-order valence-corrected chi connectivity index (χ0v) is 15.2. The van der Waals surface area contributed by atoms with Gasteiger partial charge in [0.2, 0.25) is 0 Å². The Kier molecular flexibility index (Phi) is 7.71. The molecule has 28 heavy (non-hydrogen) atoms. The van der Waals surface area contributed by atoms with Crippen LogP contribution in [0, 0.1) is 0 Å². The Morgan fingerprint density at radius 3 is 2.04 bits per heavy atom. The largest absolute Gasteiger partial charge is 0.490 e. The maximum atomic E-state index is 14.0. The minimum atomic E-state index is -5.08. The van der Waals surface area contributed by atoms with E-state index >= 15 is 0 Å². The molecule has 13 heteroatoms. The molecule has 1 unspecified atom stereocenters. The first-order valence-electron chi connectivity index (χ1n) is 8.28. The number of amides is 2. The summed E-state index contributed by atoms with van der Waals surface area (Å²) in [5.74, 6) is -9.77. The van der Waals surface area contributed by atoms with E-state index in [1.54, 1.807) is 0 Å². The van der Waals surface area contributed by atoms with Gasteiger partial charge in [-0.25, -0.2) is 4.79 Å². The van der Waals surface area contributed by atoms with E-state index in [1.807, 2.05) is 13.8 Å². The van der Waals surface area contributed by atoms with Gasteiger partial charge in [-0.15, -0.1) is 0 Å². The van der Waals surface area contributed by atoms with Crippen molar-refractivity contribution in [2.75, 3.05) is 32.8 Å². The second-order valence-electron chi connectivity index (χ2n) is 6.92. The fraction of sp³-hybridized carbons (Fsp3) is 0.800. The molecule has 2 amide bonds. The van der Waals surface area contributed by atoms with Crippen LogP contribution in [0.1, 0.15) is 20.3 Å². The van der Waals surface area contributed by atoms with Crippen LogP contribution in [0.5, 0.6) is 0 Å². The van der Waals surface area contributed by atoms with E-state index in [0.29, 0.717) is 13.0 Å². The Balaban J connectivity index is 0.000000480. The lowest BCUT2D eigenvalue weighted by molar-refractivity contribution is -0.192. The highest BCUT2D eigenvalue weighted by atomic mass is 19.4. The lowest BCUT2D eigenvalue weighted by Gasteiger charge is -2.30. The fourth-order valence-electron chi connectivity index (χ4n) is 2.60. The van der Waals surface area contributed by atoms with Crippen LogP contribution in [-0.2, 0) is 19.1 Å². The number of nitrogens with one attached hydrogen (secondary N) is 2. The number of ether oxygens (including phenoxy) is 1. The third kappa shape index (κ3) is 6.86. The maximum Gasteiger partial charge on any atom is 0.490 e. The highest BCUT2D eigenvalue weighted by Crippen LogP contribution is 2.22. The Morgan fingerprint density at radius 1 is 1.14 bits per heavy atom. The van der Waals surface area contributed by atoms with E-state index < -0.39 is 35.9 Å². The first-order valence-corrected chi connectivity index (χ1v) is 8.28. The lowest BCUT2D eigenvalue weighted by Crippen LogP contribution is -2.56. The van der Waals surface area contributed by atoms with Gasteiger partial charge in [-0.1, -0.05) is 0 Å². The van der Waals surface area contributed by atoms with Gasteiger partial charge in [-0.2, -0.15) is 22.0 Å². The molecule has 2 fully saturated rings. The topological polar surface area (TPSA) is 108 Å². The van der Waals surface area contributed by atoms with Crippen LogP contribution < -0.4 is 10.6 Å². The van der Waals surface area contributed by atoms with Crippen molar-refractivity contribution in [3.05, 3.63) is 0 Å². The van der Waals surface area contributed by atoms with Crippen LogP contribution in [0.3, 0.4) is 0 Å². The van der Waals surface area contributed by atoms with Gasteiger partial charge < -0.3 is 25.4 Å².